The topological polar surface area (TPSA) is 102 Å². The van der Waals surface area contributed by atoms with E-state index in [-0.39, 0.29) is 41.5 Å². The Labute approximate surface area is 219 Å². The number of rotatable bonds is 10. The van der Waals surface area contributed by atoms with Crippen LogP contribution in [0.15, 0.2) is 47.4 Å². The van der Waals surface area contributed by atoms with Crippen LogP contribution < -0.4 is 14.2 Å². The second-order valence-corrected chi connectivity index (χ2v) is 14.2. The van der Waals surface area contributed by atoms with Crippen molar-refractivity contribution in [1.29, 1.82) is 0 Å². The Morgan fingerprint density at radius 1 is 1.03 bits per heavy atom. The van der Waals surface area contributed by atoms with E-state index in [1.807, 2.05) is 19.1 Å². The van der Waals surface area contributed by atoms with Crippen molar-refractivity contribution in [3.05, 3.63) is 53.6 Å². The van der Waals surface area contributed by atoms with Gasteiger partial charge in [-0.3, -0.25) is 4.72 Å². The molecule has 1 saturated carbocycles. The summed E-state index contributed by atoms with van der Waals surface area (Å²) in [5, 5.41) is 0. The Bertz CT molecular complexity index is 1300. The van der Waals surface area contributed by atoms with Crippen LogP contribution >= 0.6 is 0 Å². The molecule has 2 N–H and O–H groups in total. The lowest BCUT2D eigenvalue weighted by atomic mass is 9.87. The van der Waals surface area contributed by atoms with Crippen LogP contribution in [0.3, 0.4) is 0 Å². The van der Waals surface area contributed by atoms with Gasteiger partial charge in [0.2, 0.25) is 26.0 Å². The third kappa shape index (κ3) is 8.93. The van der Waals surface area contributed by atoms with Crippen LogP contribution in [-0.4, -0.2) is 40.7 Å². The van der Waals surface area contributed by atoms with E-state index in [1.165, 1.54) is 18.2 Å². The molecule has 3 rings (SSSR count). The predicted molar refractivity (Wildman–Crippen MR) is 141 cm³/mol. The molecule has 0 spiro atoms. The van der Waals surface area contributed by atoms with E-state index in [1.54, 1.807) is 32.9 Å². The second-order valence-electron chi connectivity index (χ2n) is 10.7. The highest BCUT2D eigenvalue weighted by atomic mass is 32.2. The Morgan fingerprint density at radius 3 is 2.32 bits per heavy atom. The molecule has 206 valence electrons. The van der Waals surface area contributed by atoms with Gasteiger partial charge < -0.3 is 4.74 Å². The van der Waals surface area contributed by atoms with Crippen molar-refractivity contribution >= 4 is 25.7 Å². The normalized spacial score (nSPS) is 16.9. The molecular formula is C26H36F2N2O5S2. The number of para-hydroxylation sites is 1. The maximum Gasteiger partial charge on any atom is 0.248 e. The van der Waals surface area contributed by atoms with Crippen molar-refractivity contribution in [2.75, 3.05) is 17.1 Å². The summed E-state index contributed by atoms with van der Waals surface area (Å²) in [5.74, 6) is -2.35. The first-order chi connectivity index (χ1) is 17.1. The van der Waals surface area contributed by atoms with Gasteiger partial charge in [-0.25, -0.2) is 30.3 Å². The maximum absolute atomic E-state index is 13.4. The summed E-state index contributed by atoms with van der Waals surface area (Å²) >= 11 is 0. The van der Waals surface area contributed by atoms with E-state index >= 15 is 0 Å². The Kier molecular flexibility index (Phi) is 8.91. The van der Waals surface area contributed by atoms with Crippen molar-refractivity contribution in [1.82, 2.24) is 4.72 Å². The third-order valence-corrected chi connectivity index (χ3v) is 9.15. The fourth-order valence-corrected chi connectivity index (χ4v) is 6.93. The van der Waals surface area contributed by atoms with Crippen LogP contribution in [0, 0.1) is 12.8 Å². The van der Waals surface area contributed by atoms with Gasteiger partial charge in [0.15, 0.2) is 0 Å². The van der Waals surface area contributed by atoms with E-state index in [0.717, 1.165) is 5.56 Å². The standard InChI is InChI=1S/C26H36F2N2O5S2/c1-19-9-10-21(23(17-19)35-18-20-11-14-26(27,28)15-12-20)13-16-36(31,32)29-22-7-5-6-8-24(22)37(33,34)30-25(2,3)4/h5-10,17,20,29-30H,11-16,18H2,1-4H3. The van der Waals surface area contributed by atoms with Gasteiger partial charge in [-0.15, -0.1) is 0 Å². The van der Waals surface area contributed by atoms with Crippen molar-refractivity contribution < 1.29 is 30.4 Å². The molecule has 0 radical (unpaired) electrons. The number of nitrogens with one attached hydrogen (secondary N) is 2. The molecule has 11 heteroatoms. The summed E-state index contributed by atoms with van der Waals surface area (Å²) < 4.78 is 89.4. The molecular weight excluding hydrogens is 522 g/mol. The van der Waals surface area contributed by atoms with Gasteiger partial charge in [-0.1, -0.05) is 24.3 Å². The first kappa shape index (κ1) is 29.3. The first-order valence-electron chi connectivity index (χ1n) is 12.3. The van der Waals surface area contributed by atoms with Crippen LogP contribution in [-0.2, 0) is 26.5 Å². The fraction of sp³-hybridized carbons (Fsp3) is 0.538. The molecule has 1 fully saturated rings. The fourth-order valence-electron chi connectivity index (χ4n) is 4.18. The zero-order valence-corrected chi connectivity index (χ0v) is 23.3. The minimum absolute atomic E-state index is 0.0264. The molecule has 0 amide bonds. The highest BCUT2D eigenvalue weighted by molar-refractivity contribution is 7.93. The lowest BCUT2D eigenvalue weighted by Gasteiger charge is -2.28. The Hall–Kier alpha value is -2.24. The SMILES string of the molecule is Cc1ccc(CCS(=O)(=O)Nc2ccccc2S(=O)(=O)NC(C)(C)C)c(OCC2CCC(F)(F)CC2)c1. The van der Waals surface area contributed by atoms with Gasteiger partial charge in [-0.2, -0.15) is 0 Å². The lowest BCUT2D eigenvalue weighted by molar-refractivity contribution is -0.0498. The number of benzene rings is 2. The minimum atomic E-state index is -3.97. The van der Waals surface area contributed by atoms with E-state index in [4.69, 9.17) is 4.74 Å². The highest BCUT2D eigenvalue weighted by Gasteiger charge is 2.35. The molecule has 37 heavy (non-hydrogen) atoms. The predicted octanol–water partition coefficient (Wildman–Crippen LogP) is 5.26. The molecule has 0 atom stereocenters. The van der Waals surface area contributed by atoms with Gasteiger partial charge in [0.05, 0.1) is 18.0 Å². The molecule has 0 unspecified atom stereocenters. The van der Waals surface area contributed by atoms with Gasteiger partial charge in [0.1, 0.15) is 10.6 Å². The van der Waals surface area contributed by atoms with E-state index in [2.05, 4.69) is 9.44 Å². The number of alkyl halides is 2. The Balaban J connectivity index is 1.69. The maximum atomic E-state index is 13.4. The summed E-state index contributed by atoms with van der Waals surface area (Å²) in [6.45, 7) is 7.27. The van der Waals surface area contributed by atoms with Crippen LogP contribution in [0.25, 0.3) is 0 Å². The second kappa shape index (κ2) is 11.2. The molecule has 2 aromatic carbocycles. The zero-order chi connectivity index (χ0) is 27.5. The highest BCUT2D eigenvalue weighted by Crippen LogP contribution is 2.36. The molecule has 0 heterocycles. The number of halogens is 2. The molecule has 1 aliphatic carbocycles. The molecule has 1 aliphatic rings. The summed E-state index contributed by atoms with van der Waals surface area (Å²) in [4.78, 5) is -0.161. The first-order valence-corrected chi connectivity index (χ1v) is 15.4. The summed E-state index contributed by atoms with van der Waals surface area (Å²) in [5.41, 5.74) is 0.826. The smallest absolute Gasteiger partial charge is 0.248 e. The molecule has 7 nitrogen and oxygen atoms in total. The number of hydrogen-bond acceptors (Lipinski definition) is 5. The number of anilines is 1. The van der Waals surface area contributed by atoms with Crippen molar-refractivity contribution in [2.24, 2.45) is 5.92 Å². The third-order valence-electron chi connectivity index (χ3n) is 6.06. The molecule has 0 saturated heterocycles. The van der Waals surface area contributed by atoms with Crippen LogP contribution in [0.2, 0.25) is 0 Å². The molecule has 2 aromatic rings. The van der Waals surface area contributed by atoms with Gasteiger partial charge in [0, 0.05) is 18.4 Å². The van der Waals surface area contributed by atoms with E-state index in [9.17, 15) is 25.6 Å². The number of aryl methyl sites for hydroxylation is 2. The molecule has 0 bridgehead atoms. The van der Waals surface area contributed by atoms with E-state index in [0.29, 0.717) is 30.8 Å². The van der Waals surface area contributed by atoms with Crippen LogP contribution in [0.1, 0.15) is 57.6 Å². The lowest BCUT2D eigenvalue weighted by Crippen LogP contribution is -2.40. The summed E-state index contributed by atoms with van der Waals surface area (Å²) in [6, 6.07) is 11.3. The van der Waals surface area contributed by atoms with Crippen LogP contribution in [0.5, 0.6) is 5.75 Å². The average molecular weight is 559 g/mol. The van der Waals surface area contributed by atoms with Gasteiger partial charge in [0.25, 0.3) is 0 Å². The molecule has 0 aromatic heterocycles. The van der Waals surface area contributed by atoms with E-state index < -0.39 is 31.5 Å². The number of ether oxygens (including phenoxy) is 1. The Morgan fingerprint density at radius 2 is 1.68 bits per heavy atom. The summed E-state index contributed by atoms with van der Waals surface area (Å²) in [7, 11) is -7.88. The number of hydrogen-bond donors (Lipinski definition) is 2. The van der Waals surface area contributed by atoms with Crippen molar-refractivity contribution in [3.8, 4) is 5.75 Å². The van der Waals surface area contributed by atoms with Crippen LogP contribution in [0.4, 0.5) is 14.5 Å². The van der Waals surface area contributed by atoms with Crippen molar-refractivity contribution in [2.45, 2.75) is 76.2 Å². The van der Waals surface area contributed by atoms with Crippen molar-refractivity contribution in [3.63, 3.8) is 0 Å². The zero-order valence-electron chi connectivity index (χ0n) is 21.7. The summed E-state index contributed by atoms with van der Waals surface area (Å²) in [6.07, 6.45) is 0.614. The van der Waals surface area contributed by atoms with Gasteiger partial charge >= 0.3 is 0 Å². The average Bonchev–Trinajstić information content (AvgIpc) is 2.76. The monoisotopic (exact) mass is 558 g/mol. The quantitative estimate of drug-likeness (QED) is 0.414. The largest absolute Gasteiger partial charge is 0.493 e. The number of sulfonamides is 2. The minimum Gasteiger partial charge on any atom is -0.493 e. The molecule has 0 aliphatic heterocycles. The van der Waals surface area contributed by atoms with Gasteiger partial charge in [-0.05, 0) is 82.2 Å².